The van der Waals surface area contributed by atoms with Gasteiger partial charge < -0.3 is 5.73 Å². The lowest BCUT2D eigenvalue weighted by Gasteiger charge is -2.12. The van der Waals surface area contributed by atoms with Gasteiger partial charge in [0.05, 0.1) is 5.02 Å². The van der Waals surface area contributed by atoms with E-state index in [-0.39, 0.29) is 21.5 Å². The Bertz CT molecular complexity index is 782. The molecule has 0 aliphatic heterocycles. The Morgan fingerprint density at radius 1 is 1.19 bits per heavy atom. The van der Waals surface area contributed by atoms with Gasteiger partial charge in [-0.05, 0) is 35.9 Å². The Hall–Kier alpha value is -0.790. The molecule has 2 aromatic rings. The smallest absolute Gasteiger partial charge is 0.263 e. The molecule has 0 aliphatic rings. The molecule has 21 heavy (non-hydrogen) atoms. The predicted octanol–water partition coefficient (Wildman–Crippen LogP) is 4.02. The zero-order chi connectivity index (χ0) is 15.6. The summed E-state index contributed by atoms with van der Waals surface area (Å²) in [5.41, 5.74) is 6.42. The molecule has 2 aromatic carbocycles. The van der Waals surface area contributed by atoms with E-state index in [0.29, 0.717) is 11.3 Å². The van der Waals surface area contributed by atoms with Crippen LogP contribution in [0.1, 0.15) is 5.56 Å². The van der Waals surface area contributed by atoms with Crippen molar-refractivity contribution in [3.05, 3.63) is 56.5 Å². The standard InChI is InChI=1S/C13H11BrCl2N2O2S/c14-9-2-1-3-11(5-9)18-21(19,20)12-6-10(15)4-8(7-17)13(12)16/h1-6,18H,7,17H2. The Morgan fingerprint density at radius 2 is 1.90 bits per heavy atom. The molecule has 2 rings (SSSR count). The first-order chi connectivity index (χ1) is 9.83. The normalized spacial score (nSPS) is 11.4. The van der Waals surface area contributed by atoms with E-state index < -0.39 is 10.0 Å². The molecule has 4 nitrogen and oxygen atoms in total. The highest BCUT2D eigenvalue weighted by Gasteiger charge is 2.21. The van der Waals surface area contributed by atoms with Crippen LogP contribution in [-0.2, 0) is 16.6 Å². The first kappa shape index (κ1) is 16.6. The van der Waals surface area contributed by atoms with E-state index in [9.17, 15) is 8.42 Å². The summed E-state index contributed by atoms with van der Waals surface area (Å²) < 4.78 is 28.1. The van der Waals surface area contributed by atoms with E-state index in [2.05, 4.69) is 20.7 Å². The zero-order valence-electron chi connectivity index (χ0n) is 10.6. The van der Waals surface area contributed by atoms with Gasteiger partial charge in [0.1, 0.15) is 4.90 Å². The number of hydrogen-bond donors (Lipinski definition) is 2. The summed E-state index contributed by atoms with van der Waals surface area (Å²) in [4.78, 5) is -0.0999. The molecule has 0 aliphatic carbocycles. The van der Waals surface area contributed by atoms with Crippen molar-refractivity contribution in [2.75, 3.05) is 4.72 Å². The third-order valence-electron chi connectivity index (χ3n) is 2.67. The van der Waals surface area contributed by atoms with E-state index in [1.165, 1.54) is 6.07 Å². The maximum atomic E-state index is 12.4. The van der Waals surface area contributed by atoms with Crippen molar-refractivity contribution in [3.63, 3.8) is 0 Å². The van der Waals surface area contributed by atoms with Crippen molar-refractivity contribution in [3.8, 4) is 0 Å². The van der Waals surface area contributed by atoms with Gasteiger partial charge in [0, 0.05) is 21.7 Å². The number of nitrogens with one attached hydrogen (secondary N) is 1. The van der Waals surface area contributed by atoms with Gasteiger partial charge in [0.25, 0.3) is 10.0 Å². The predicted molar refractivity (Wildman–Crippen MR) is 89.3 cm³/mol. The summed E-state index contributed by atoms with van der Waals surface area (Å²) in [5.74, 6) is 0. The highest BCUT2D eigenvalue weighted by atomic mass is 79.9. The third-order valence-corrected chi connectivity index (χ3v) is 5.34. The summed E-state index contributed by atoms with van der Waals surface area (Å²) in [6.07, 6.45) is 0. The van der Waals surface area contributed by atoms with Crippen LogP contribution in [-0.4, -0.2) is 8.42 Å². The van der Waals surface area contributed by atoms with Crippen LogP contribution in [0.3, 0.4) is 0 Å². The molecule has 0 radical (unpaired) electrons. The van der Waals surface area contributed by atoms with Gasteiger partial charge in [-0.15, -0.1) is 0 Å². The quantitative estimate of drug-likeness (QED) is 0.800. The second-order valence-corrected chi connectivity index (χ2v) is 7.58. The number of hydrogen-bond acceptors (Lipinski definition) is 3. The molecule has 0 spiro atoms. The maximum Gasteiger partial charge on any atom is 0.263 e. The van der Waals surface area contributed by atoms with E-state index in [1.54, 1.807) is 30.3 Å². The fourth-order valence-electron chi connectivity index (χ4n) is 1.72. The SMILES string of the molecule is NCc1cc(Cl)cc(S(=O)(=O)Nc2cccc(Br)c2)c1Cl. The van der Waals surface area contributed by atoms with E-state index >= 15 is 0 Å². The fraction of sp³-hybridized carbons (Fsp3) is 0.0769. The maximum absolute atomic E-state index is 12.4. The molecule has 0 saturated heterocycles. The van der Waals surface area contributed by atoms with Crippen LogP contribution in [0, 0.1) is 0 Å². The first-order valence-corrected chi connectivity index (χ1v) is 8.83. The van der Waals surface area contributed by atoms with Crippen LogP contribution in [0.25, 0.3) is 0 Å². The molecule has 0 bridgehead atoms. The summed E-state index contributed by atoms with van der Waals surface area (Å²) in [5, 5.41) is 0.332. The molecule has 0 fully saturated rings. The van der Waals surface area contributed by atoms with Crippen LogP contribution < -0.4 is 10.5 Å². The Balaban J connectivity index is 2.47. The molecular weight excluding hydrogens is 399 g/mol. The topological polar surface area (TPSA) is 72.2 Å². The number of sulfonamides is 1. The third kappa shape index (κ3) is 3.90. The average Bonchev–Trinajstić information content (AvgIpc) is 2.40. The zero-order valence-corrected chi connectivity index (χ0v) is 14.5. The van der Waals surface area contributed by atoms with Crippen LogP contribution in [0.5, 0.6) is 0 Å². The minimum Gasteiger partial charge on any atom is -0.326 e. The van der Waals surface area contributed by atoms with E-state index in [1.807, 2.05) is 0 Å². The summed E-state index contributed by atoms with van der Waals surface area (Å²) >= 11 is 15.3. The van der Waals surface area contributed by atoms with Crippen molar-refractivity contribution in [1.29, 1.82) is 0 Å². The van der Waals surface area contributed by atoms with Gasteiger partial charge in [-0.2, -0.15) is 0 Å². The molecule has 0 atom stereocenters. The molecule has 0 amide bonds. The monoisotopic (exact) mass is 408 g/mol. The lowest BCUT2D eigenvalue weighted by molar-refractivity contribution is 0.601. The van der Waals surface area contributed by atoms with Crippen molar-refractivity contribution in [2.45, 2.75) is 11.4 Å². The second-order valence-electron chi connectivity index (χ2n) is 4.20. The van der Waals surface area contributed by atoms with E-state index in [4.69, 9.17) is 28.9 Å². The highest BCUT2D eigenvalue weighted by molar-refractivity contribution is 9.10. The van der Waals surface area contributed by atoms with Crippen LogP contribution in [0.2, 0.25) is 10.0 Å². The lowest BCUT2D eigenvalue weighted by atomic mass is 10.2. The number of anilines is 1. The van der Waals surface area contributed by atoms with Crippen molar-refractivity contribution in [2.24, 2.45) is 5.73 Å². The largest absolute Gasteiger partial charge is 0.326 e. The van der Waals surface area contributed by atoms with Crippen LogP contribution >= 0.6 is 39.1 Å². The molecule has 0 aromatic heterocycles. The van der Waals surface area contributed by atoms with Gasteiger partial charge in [-0.3, -0.25) is 4.72 Å². The van der Waals surface area contributed by atoms with Gasteiger partial charge in [-0.1, -0.05) is 45.2 Å². The van der Waals surface area contributed by atoms with Gasteiger partial charge >= 0.3 is 0 Å². The molecule has 0 saturated carbocycles. The average molecular weight is 410 g/mol. The number of rotatable bonds is 4. The molecule has 0 unspecified atom stereocenters. The Kier molecular flexibility index (Phi) is 5.16. The lowest BCUT2D eigenvalue weighted by Crippen LogP contribution is -2.14. The van der Waals surface area contributed by atoms with Gasteiger partial charge in [0.15, 0.2) is 0 Å². The molecule has 8 heteroatoms. The summed E-state index contributed by atoms with van der Waals surface area (Å²) in [7, 11) is -3.86. The number of nitrogens with two attached hydrogens (primary N) is 1. The summed E-state index contributed by atoms with van der Waals surface area (Å²) in [6.45, 7) is 0.0960. The van der Waals surface area contributed by atoms with Crippen molar-refractivity contribution < 1.29 is 8.42 Å². The van der Waals surface area contributed by atoms with Crippen molar-refractivity contribution >= 4 is 54.8 Å². The fourth-order valence-corrected chi connectivity index (χ4v) is 4.12. The highest BCUT2D eigenvalue weighted by Crippen LogP contribution is 2.30. The second kappa shape index (κ2) is 6.54. The molecular formula is C13H11BrCl2N2O2S. The minimum atomic E-state index is -3.86. The minimum absolute atomic E-state index is 0.0735. The summed E-state index contributed by atoms with van der Waals surface area (Å²) in [6, 6.07) is 9.61. The van der Waals surface area contributed by atoms with Gasteiger partial charge in [-0.25, -0.2) is 8.42 Å². The Morgan fingerprint density at radius 3 is 2.52 bits per heavy atom. The van der Waals surface area contributed by atoms with E-state index in [0.717, 1.165) is 4.47 Å². The van der Waals surface area contributed by atoms with Crippen LogP contribution in [0.15, 0.2) is 45.8 Å². The number of halogens is 3. The van der Waals surface area contributed by atoms with Crippen LogP contribution in [0.4, 0.5) is 5.69 Å². The first-order valence-electron chi connectivity index (χ1n) is 5.80. The molecule has 3 N–H and O–H groups in total. The Labute approximate surface area is 141 Å². The van der Waals surface area contributed by atoms with Crippen molar-refractivity contribution in [1.82, 2.24) is 0 Å². The van der Waals surface area contributed by atoms with Gasteiger partial charge in [0.2, 0.25) is 0 Å². The molecule has 0 heterocycles. The number of benzene rings is 2. The molecule has 112 valence electrons.